The van der Waals surface area contributed by atoms with Crippen LogP contribution < -0.4 is 5.32 Å². The SMILES string of the molecule is Cc1c(C(=O)NC(C)CCc2ccccc2Cl)n(C)c2ccc(Cl)cc12. The van der Waals surface area contributed by atoms with Crippen molar-refractivity contribution in [2.75, 3.05) is 0 Å². The summed E-state index contributed by atoms with van der Waals surface area (Å²) in [6.45, 7) is 3.98. The molecule has 0 fully saturated rings. The lowest BCUT2D eigenvalue weighted by atomic mass is 10.1. The predicted octanol–water partition coefficient (Wildman–Crippen LogP) is 5.54. The summed E-state index contributed by atoms with van der Waals surface area (Å²) in [6.07, 6.45) is 1.65. The number of halogens is 2. The van der Waals surface area contributed by atoms with Gasteiger partial charge >= 0.3 is 0 Å². The highest BCUT2D eigenvalue weighted by atomic mass is 35.5. The van der Waals surface area contributed by atoms with Crippen molar-refractivity contribution in [3.05, 3.63) is 69.3 Å². The van der Waals surface area contributed by atoms with Crippen LogP contribution in [0.5, 0.6) is 0 Å². The van der Waals surface area contributed by atoms with Gasteiger partial charge in [0.15, 0.2) is 0 Å². The van der Waals surface area contributed by atoms with Crippen LogP contribution in [0.4, 0.5) is 0 Å². The van der Waals surface area contributed by atoms with E-state index in [4.69, 9.17) is 23.2 Å². The van der Waals surface area contributed by atoms with Crippen molar-refractivity contribution in [1.82, 2.24) is 9.88 Å². The predicted molar refractivity (Wildman–Crippen MR) is 109 cm³/mol. The Balaban J connectivity index is 1.74. The molecular formula is C21H22Cl2N2O. The molecule has 0 aliphatic heterocycles. The largest absolute Gasteiger partial charge is 0.348 e. The number of nitrogens with zero attached hydrogens (tertiary/aromatic N) is 1. The minimum absolute atomic E-state index is 0.0415. The third-order valence-corrected chi connectivity index (χ3v) is 5.42. The topological polar surface area (TPSA) is 34.0 Å². The molecule has 0 aliphatic rings. The number of nitrogens with one attached hydrogen (secondary N) is 1. The summed E-state index contributed by atoms with van der Waals surface area (Å²) in [4.78, 5) is 12.8. The van der Waals surface area contributed by atoms with Gasteiger partial charge in [-0.15, -0.1) is 0 Å². The molecule has 3 aromatic rings. The highest BCUT2D eigenvalue weighted by Gasteiger charge is 2.20. The normalized spacial score (nSPS) is 12.3. The number of carbonyl (C=O) groups excluding carboxylic acids is 1. The van der Waals surface area contributed by atoms with Crippen LogP contribution in [-0.4, -0.2) is 16.5 Å². The van der Waals surface area contributed by atoms with Gasteiger partial charge in [0.25, 0.3) is 5.91 Å². The molecule has 0 radical (unpaired) electrons. The second-order valence-electron chi connectivity index (χ2n) is 6.70. The van der Waals surface area contributed by atoms with E-state index in [-0.39, 0.29) is 11.9 Å². The van der Waals surface area contributed by atoms with Gasteiger partial charge in [-0.1, -0.05) is 41.4 Å². The fourth-order valence-corrected chi connectivity index (χ4v) is 3.76. The number of aryl methyl sites for hydroxylation is 3. The van der Waals surface area contributed by atoms with Gasteiger partial charge in [0, 0.05) is 34.0 Å². The van der Waals surface area contributed by atoms with Gasteiger partial charge < -0.3 is 9.88 Å². The molecule has 1 amide bonds. The molecule has 0 saturated heterocycles. The monoisotopic (exact) mass is 388 g/mol. The minimum atomic E-state index is -0.0658. The van der Waals surface area contributed by atoms with Crippen molar-refractivity contribution in [2.45, 2.75) is 32.7 Å². The average molecular weight is 389 g/mol. The number of carbonyl (C=O) groups is 1. The van der Waals surface area contributed by atoms with Crippen LogP contribution in [0, 0.1) is 6.92 Å². The Labute approximate surface area is 163 Å². The van der Waals surface area contributed by atoms with Gasteiger partial charge in [-0.3, -0.25) is 4.79 Å². The zero-order chi connectivity index (χ0) is 18.8. The molecular weight excluding hydrogens is 367 g/mol. The summed E-state index contributed by atoms with van der Waals surface area (Å²) < 4.78 is 1.93. The number of hydrogen-bond donors (Lipinski definition) is 1. The molecule has 2 aromatic carbocycles. The Morgan fingerprint density at radius 3 is 2.65 bits per heavy atom. The summed E-state index contributed by atoms with van der Waals surface area (Å²) in [7, 11) is 1.91. The number of benzene rings is 2. The zero-order valence-corrected chi connectivity index (χ0v) is 16.7. The van der Waals surface area contributed by atoms with E-state index in [1.165, 1.54) is 0 Å². The lowest BCUT2D eigenvalue weighted by Gasteiger charge is -2.15. The van der Waals surface area contributed by atoms with Crippen molar-refractivity contribution in [2.24, 2.45) is 7.05 Å². The van der Waals surface area contributed by atoms with Crippen molar-refractivity contribution < 1.29 is 4.79 Å². The zero-order valence-electron chi connectivity index (χ0n) is 15.1. The van der Waals surface area contributed by atoms with E-state index in [2.05, 4.69) is 5.32 Å². The summed E-state index contributed by atoms with van der Waals surface area (Å²) in [6, 6.07) is 13.6. The highest BCUT2D eigenvalue weighted by Crippen LogP contribution is 2.27. The molecule has 1 aromatic heterocycles. The quantitative estimate of drug-likeness (QED) is 0.610. The first-order chi connectivity index (χ1) is 12.4. The van der Waals surface area contributed by atoms with Crippen LogP contribution in [0.1, 0.15) is 35.0 Å². The van der Waals surface area contributed by atoms with Crippen LogP contribution in [0.3, 0.4) is 0 Å². The molecule has 26 heavy (non-hydrogen) atoms. The van der Waals surface area contributed by atoms with E-state index in [0.29, 0.717) is 10.7 Å². The molecule has 0 bridgehead atoms. The number of rotatable bonds is 5. The third-order valence-electron chi connectivity index (χ3n) is 4.81. The molecule has 5 heteroatoms. The van der Waals surface area contributed by atoms with E-state index in [9.17, 15) is 4.79 Å². The Morgan fingerprint density at radius 1 is 1.19 bits per heavy atom. The van der Waals surface area contributed by atoms with Gasteiger partial charge in [0.1, 0.15) is 5.69 Å². The number of amides is 1. The van der Waals surface area contributed by atoms with E-state index >= 15 is 0 Å². The van der Waals surface area contributed by atoms with Crippen LogP contribution in [0.25, 0.3) is 10.9 Å². The van der Waals surface area contributed by atoms with Crippen LogP contribution in [0.2, 0.25) is 10.0 Å². The second kappa shape index (κ2) is 7.73. The Hall–Kier alpha value is -1.97. The van der Waals surface area contributed by atoms with E-state index < -0.39 is 0 Å². The Kier molecular flexibility index (Phi) is 5.59. The molecule has 0 saturated carbocycles. The molecule has 1 N–H and O–H groups in total. The van der Waals surface area contributed by atoms with Crippen LogP contribution >= 0.6 is 23.2 Å². The maximum Gasteiger partial charge on any atom is 0.268 e. The van der Waals surface area contributed by atoms with Crippen molar-refractivity contribution in [1.29, 1.82) is 0 Å². The summed E-state index contributed by atoms with van der Waals surface area (Å²) in [5.41, 5.74) is 3.72. The molecule has 3 nitrogen and oxygen atoms in total. The first-order valence-electron chi connectivity index (χ1n) is 8.67. The van der Waals surface area contributed by atoms with E-state index in [1.54, 1.807) is 0 Å². The molecule has 0 aliphatic carbocycles. The van der Waals surface area contributed by atoms with Crippen molar-refractivity contribution in [3.8, 4) is 0 Å². The van der Waals surface area contributed by atoms with Gasteiger partial charge in [0.2, 0.25) is 0 Å². The van der Waals surface area contributed by atoms with Gasteiger partial charge in [-0.25, -0.2) is 0 Å². The lowest BCUT2D eigenvalue weighted by Crippen LogP contribution is -2.34. The Morgan fingerprint density at radius 2 is 1.92 bits per heavy atom. The fraction of sp³-hybridized carbons (Fsp3) is 0.286. The van der Waals surface area contributed by atoms with Crippen LogP contribution in [0.15, 0.2) is 42.5 Å². The molecule has 1 atom stereocenters. The maximum atomic E-state index is 12.8. The van der Waals surface area contributed by atoms with Gasteiger partial charge in [0.05, 0.1) is 0 Å². The third kappa shape index (κ3) is 3.74. The van der Waals surface area contributed by atoms with E-state index in [1.807, 2.05) is 67.9 Å². The molecule has 1 unspecified atom stereocenters. The minimum Gasteiger partial charge on any atom is -0.348 e. The summed E-state index contributed by atoms with van der Waals surface area (Å²) >= 11 is 12.3. The maximum absolute atomic E-state index is 12.8. The van der Waals surface area contributed by atoms with Crippen molar-refractivity contribution in [3.63, 3.8) is 0 Å². The van der Waals surface area contributed by atoms with Gasteiger partial charge in [-0.05, 0) is 62.1 Å². The number of fused-ring (bicyclic) bond motifs is 1. The second-order valence-corrected chi connectivity index (χ2v) is 7.54. The highest BCUT2D eigenvalue weighted by molar-refractivity contribution is 6.31. The van der Waals surface area contributed by atoms with E-state index in [0.717, 1.165) is 39.9 Å². The lowest BCUT2D eigenvalue weighted by molar-refractivity contribution is 0.0930. The molecule has 0 spiro atoms. The average Bonchev–Trinajstić information content (AvgIpc) is 2.84. The summed E-state index contributed by atoms with van der Waals surface area (Å²) in [5, 5.41) is 5.56. The Bertz CT molecular complexity index is 962. The molecule has 3 rings (SSSR count). The van der Waals surface area contributed by atoms with Crippen molar-refractivity contribution >= 4 is 40.0 Å². The smallest absolute Gasteiger partial charge is 0.268 e. The fourth-order valence-electron chi connectivity index (χ4n) is 3.36. The number of aromatic nitrogens is 1. The molecule has 1 heterocycles. The first kappa shape index (κ1) is 18.8. The molecule has 136 valence electrons. The van der Waals surface area contributed by atoms with Crippen LogP contribution in [-0.2, 0) is 13.5 Å². The first-order valence-corrected chi connectivity index (χ1v) is 9.43. The number of hydrogen-bond acceptors (Lipinski definition) is 1. The summed E-state index contributed by atoms with van der Waals surface area (Å²) in [5.74, 6) is -0.0658. The van der Waals surface area contributed by atoms with Gasteiger partial charge in [-0.2, -0.15) is 0 Å². The standard InChI is InChI=1S/C21H22Cl2N2O/c1-13(8-9-15-6-4-5-7-18(15)23)24-21(26)20-14(2)17-12-16(22)10-11-19(17)25(20)3/h4-7,10-13H,8-9H2,1-3H3,(H,24,26).